The van der Waals surface area contributed by atoms with Gasteiger partial charge in [0.15, 0.2) is 11.6 Å². The van der Waals surface area contributed by atoms with Gasteiger partial charge < -0.3 is 0 Å². The predicted molar refractivity (Wildman–Crippen MR) is 85.8 cm³/mol. The van der Waals surface area contributed by atoms with Gasteiger partial charge in [0.1, 0.15) is 0 Å². The third-order valence-electron chi connectivity index (χ3n) is 3.63. The van der Waals surface area contributed by atoms with Crippen LogP contribution in [0.3, 0.4) is 0 Å². The van der Waals surface area contributed by atoms with Gasteiger partial charge in [-0.15, -0.1) is 0 Å². The van der Waals surface area contributed by atoms with Crippen molar-refractivity contribution in [1.29, 1.82) is 0 Å². The number of aryl methyl sites for hydroxylation is 2. The fraction of sp³-hybridized carbons (Fsp3) is 0.235. The highest BCUT2D eigenvalue weighted by molar-refractivity contribution is 6.10. The third kappa shape index (κ3) is 3.01. The molecule has 0 aliphatic heterocycles. The van der Waals surface area contributed by atoms with Crippen LogP contribution in [0.1, 0.15) is 46.0 Å². The molecule has 0 saturated carbocycles. The Morgan fingerprint density at radius 1 is 0.957 bits per heavy atom. The number of hydrogen-bond acceptors (Lipinski definition) is 5. The fourth-order valence-electron chi connectivity index (χ4n) is 2.75. The van der Waals surface area contributed by atoms with Crippen molar-refractivity contribution in [3.8, 4) is 11.1 Å². The fourth-order valence-corrected chi connectivity index (χ4v) is 2.75. The lowest BCUT2D eigenvalue weighted by atomic mass is 9.89. The summed E-state index contributed by atoms with van der Waals surface area (Å²) in [6.45, 7) is 6.25. The predicted octanol–water partition coefficient (Wildman–Crippen LogP) is 3.68. The summed E-state index contributed by atoms with van der Waals surface area (Å²) in [5, 5.41) is 10.8. The molecule has 23 heavy (non-hydrogen) atoms. The molecule has 1 heterocycles. The van der Waals surface area contributed by atoms with E-state index in [0.717, 1.165) is 0 Å². The molecule has 6 nitrogen and oxygen atoms in total. The van der Waals surface area contributed by atoms with Crippen molar-refractivity contribution >= 4 is 17.3 Å². The van der Waals surface area contributed by atoms with Crippen LogP contribution >= 0.6 is 0 Å². The Labute approximate surface area is 133 Å². The topological polar surface area (TPSA) is 90.2 Å². The summed E-state index contributed by atoms with van der Waals surface area (Å²) in [5.41, 5.74) is 2.83. The molecule has 0 unspecified atom stereocenters. The zero-order valence-electron chi connectivity index (χ0n) is 13.3. The number of nitro benzene ring substituents is 1. The van der Waals surface area contributed by atoms with Gasteiger partial charge in [0.2, 0.25) is 0 Å². The number of ketones is 2. The molecule has 0 fully saturated rings. The third-order valence-corrected chi connectivity index (χ3v) is 3.63. The molecule has 0 spiro atoms. The molecule has 0 N–H and O–H groups in total. The second-order valence-electron chi connectivity index (χ2n) is 5.32. The van der Waals surface area contributed by atoms with Crippen LogP contribution in [-0.4, -0.2) is 21.5 Å². The minimum Gasteiger partial charge on any atom is -0.294 e. The van der Waals surface area contributed by atoms with Gasteiger partial charge in [0.05, 0.1) is 4.92 Å². The highest BCUT2D eigenvalue weighted by Gasteiger charge is 2.23. The first kappa shape index (κ1) is 16.5. The number of nitrogens with zero attached hydrogens (tertiary/aromatic N) is 2. The van der Waals surface area contributed by atoms with E-state index in [9.17, 15) is 19.7 Å². The summed E-state index contributed by atoms with van der Waals surface area (Å²) in [7, 11) is 0. The van der Waals surface area contributed by atoms with Crippen molar-refractivity contribution in [1.82, 2.24) is 4.98 Å². The molecule has 0 aliphatic carbocycles. The van der Waals surface area contributed by atoms with E-state index in [2.05, 4.69) is 4.98 Å². The number of nitro groups is 1. The molecule has 1 aromatic heterocycles. The Balaban J connectivity index is 2.84. The summed E-state index contributed by atoms with van der Waals surface area (Å²) in [6.07, 6.45) is 0. The zero-order chi connectivity index (χ0) is 17.3. The van der Waals surface area contributed by atoms with Gasteiger partial charge in [0.25, 0.3) is 5.69 Å². The molecule has 6 heteroatoms. The Bertz CT molecular complexity index is 785. The number of benzene rings is 1. The van der Waals surface area contributed by atoms with Crippen LogP contribution in [-0.2, 0) is 0 Å². The van der Waals surface area contributed by atoms with Gasteiger partial charge in [-0.1, -0.05) is 0 Å². The Hall–Kier alpha value is -2.89. The molecule has 0 saturated heterocycles. The number of non-ortho nitro benzene ring substituents is 1. The zero-order valence-corrected chi connectivity index (χ0v) is 13.3. The average Bonchev–Trinajstić information content (AvgIpc) is 2.45. The minimum absolute atomic E-state index is 0.0509. The van der Waals surface area contributed by atoms with E-state index in [1.165, 1.54) is 26.0 Å². The first-order valence-corrected chi connectivity index (χ1v) is 7.02. The van der Waals surface area contributed by atoms with Crippen molar-refractivity contribution in [3.63, 3.8) is 0 Å². The van der Waals surface area contributed by atoms with Crippen LogP contribution < -0.4 is 0 Å². The van der Waals surface area contributed by atoms with Crippen molar-refractivity contribution in [2.45, 2.75) is 27.7 Å². The van der Waals surface area contributed by atoms with Crippen molar-refractivity contribution in [3.05, 3.63) is 56.9 Å². The molecule has 0 amide bonds. The summed E-state index contributed by atoms with van der Waals surface area (Å²) >= 11 is 0. The van der Waals surface area contributed by atoms with Gasteiger partial charge in [0, 0.05) is 40.2 Å². The second-order valence-corrected chi connectivity index (χ2v) is 5.32. The molecule has 2 rings (SSSR count). The van der Waals surface area contributed by atoms with Crippen molar-refractivity contribution < 1.29 is 14.5 Å². The molecular weight excluding hydrogens is 296 g/mol. The number of aromatic nitrogens is 1. The Morgan fingerprint density at radius 3 is 1.74 bits per heavy atom. The molecular formula is C17H16N2O4. The first-order chi connectivity index (χ1) is 10.7. The lowest BCUT2D eigenvalue weighted by Gasteiger charge is -2.16. The van der Waals surface area contributed by atoms with Crippen LogP contribution in [0.5, 0.6) is 0 Å². The molecule has 0 aliphatic rings. The van der Waals surface area contributed by atoms with Gasteiger partial charge in [-0.05, 0) is 45.4 Å². The van der Waals surface area contributed by atoms with Crippen LogP contribution in [0, 0.1) is 24.0 Å². The molecule has 1 aromatic carbocycles. The SMILES string of the molecule is CC(=O)c1c(C)nc(C)c(C(C)=O)c1-c1ccc([N+](=O)[O-])cc1. The maximum absolute atomic E-state index is 12.1. The van der Waals surface area contributed by atoms with E-state index < -0.39 is 4.92 Å². The lowest BCUT2D eigenvalue weighted by molar-refractivity contribution is -0.384. The lowest BCUT2D eigenvalue weighted by Crippen LogP contribution is -2.11. The number of carbonyl (C=O) groups is 2. The summed E-state index contributed by atoms with van der Waals surface area (Å²) < 4.78 is 0. The first-order valence-electron chi connectivity index (χ1n) is 7.02. The van der Waals surface area contributed by atoms with E-state index in [1.54, 1.807) is 26.0 Å². The largest absolute Gasteiger partial charge is 0.294 e. The van der Waals surface area contributed by atoms with Crippen molar-refractivity contribution in [2.24, 2.45) is 0 Å². The normalized spacial score (nSPS) is 10.4. The van der Waals surface area contributed by atoms with E-state index in [1.807, 2.05) is 0 Å². The second kappa shape index (κ2) is 6.08. The van der Waals surface area contributed by atoms with Gasteiger partial charge in [-0.2, -0.15) is 0 Å². The van der Waals surface area contributed by atoms with E-state index in [4.69, 9.17) is 0 Å². The van der Waals surface area contributed by atoms with Gasteiger partial charge in [-0.3, -0.25) is 24.7 Å². The van der Waals surface area contributed by atoms with Crippen LogP contribution in [0.25, 0.3) is 11.1 Å². The Morgan fingerprint density at radius 2 is 1.39 bits per heavy atom. The monoisotopic (exact) mass is 312 g/mol. The quantitative estimate of drug-likeness (QED) is 0.488. The van der Waals surface area contributed by atoms with Crippen LogP contribution in [0.2, 0.25) is 0 Å². The van der Waals surface area contributed by atoms with E-state index >= 15 is 0 Å². The summed E-state index contributed by atoms with van der Waals surface area (Å²) in [5.74, 6) is -0.406. The smallest absolute Gasteiger partial charge is 0.269 e. The number of hydrogen-bond donors (Lipinski definition) is 0. The van der Waals surface area contributed by atoms with Gasteiger partial charge >= 0.3 is 0 Å². The minimum atomic E-state index is -0.495. The molecule has 0 radical (unpaired) electrons. The Kier molecular flexibility index (Phi) is 4.36. The summed E-state index contributed by atoms with van der Waals surface area (Å²) in [4.78, 5) is 38.7. The number of Topliss-reactive ketones (excluding diaryl/α,β-unsaturated/α-hetero) is 2. The number of carbonyl (C=O) groups excluding carboxylic acids is 2. The standard InChI is InChI=1S/C17H16N2O4/c1-9-15(11(3)20)17(16(12(4)21)10(2)18-9)13-5-7-14(8-6-13)19(22)23/h5-8H,1-4H3. The van der Waals surface area contributed by atoms with E-state index in [0.29, 0.717) is 33.6 Å². The maximum Gasteiger partial charge on any atom is 0.269 e. The van der Waals surface area contributed by atoms with Crippen LogP contribution in [0.4, 0.5) is 5.69 Å². The van der Waals surface area contributed by atoms with Crippen LogP contribution in [0.15, 0.2) is 24.3 Å². The molecule has 118 valence electrons. The maximum atomic E-state index is 12.1. The number of rotatable bonds is 4. The average molecular weight is 312 g/mol. The summed E-state index contributed by atoms with van der Waals surface area (Å²) in [6, 6.07) is 5.80. The molecule has 2 aromatic rings. The highest BCUT2D eigenvalue weighted by atomic mass is 16.6. The highest BCUT2D eigenvalue weighted by Crippen LogP contribution is 2.33. The van der Waals surface area contributed by atoms with Gasteiger partial charge in [-0.25, -0.2) is 0 Å². The molecule has 0 atom stereocenters. The number of pyridine rings is 1. The molecule has 0 bridgehead atoms. The van der Waals surface area contributed by atoms with E-state index in [-0.39, 0.29) is 17.3 Å². The van der Waals surface area contributed by atoms with Crippen molar-refractivity contribution in [2.75, 3.05) is 0 Å².